The summed E-state index contributed by atoms with van der Waals surface area (Å²) in [7, 11) is -4.13. The smallest absolute Gasteiger partial charge is 0.401 e. The molecular formula is C12H14O6S. The Morgan fingerprint density at radius 1 is 1.32 bits per heavy atom. The number of hydrogen-bond donors (Lipinski definition) is 0. The Hall–Kier alpha value is -1.44. The van der Waals surface area contributed by atoms with Crippen LogP contribution in [0.5, 0.6) is 0 Å². The van der Waals surface area contributed by atoms with Crippen LogP contribution < -0.4 is 0 Å². The van der Waals surface area contributed by atoms with E-state index < -0.39 is 28.1 Å². The van der Waals surface area contributed by atoms with Crippen molar-refractivity contribution in [1.29, 1.82) is 0 Å². The topological polar surface area (TPSA) is 78.9 Å². The van der Waals surface area contributed by atoms with Crippen molar-refractivity contribution in [3.05, 3.63) is 35.9 Å². The van der Waals surface area contributed by atoms with E-state index in [-0.39, 0.29) is 6.61 Å². The van der Waals surface area contributed by atoms with Crippen molar-refractivity contribution in [2.24, 2.45) is 0 Å². The number of benzene rings is 1. The van der Waals surface area contributed by atoms with E-state index in [1.165, 1.54) is 13.8 Å². The van der Waals surface area contributed by atoms with Crippen LogP contribution >= 0.6 is 0 Å². The van der Waals surface area contributed by atoms with Crippen molar-refractivity contribution in [2.45, 2.75) is 32.2 Å². The molecular weight excluding hydrogens is 272 g/mol. The average Bonchev–Trinajstić information content (AvgIpc) is 2.56. The number of carbonyl (C=O) groups is 1. The first-order valence-corrected chi connectivity index (χ1v) is 6.98. The molecule has 0 radical (unpaired) electrons. The Kier molecular flexibility index (Phi) is 3.62. The standard InChI is InChI=1S/C12H14O6S/c1-12(2)10(17-19(14,15)18-12)11(13)16-8-9-6-4-3-5-7-9/h3-7,10H,8H2,1-2H3/t10-/m1/s1. The van der Waals surface area contributed by atoms with E-state index in [0.29, 0.717) is 0 Å². The summed E-state index contributed by atoms with van der Waals surface area (Å²) >= 11 is 0. The van der Waals surface area contributed by atoms with Crippen molar-refractivity contribution < 1.29 is 26.3 Å². The van der Waals surface area contributed by atoms with Crippen LogP contribution in [-0.2, 0) is 34.9 Å². The summed E-state index contributed by atoms with van der Waals surface area (Å²) in [5.41, 5.74) is -0.470. The Balaban J connectivity index is 2.01. The monoisotopic (exact) mass is 286 g/mol. The highest BCUT2D eigenvalue weighted by Crippen LogP contribution is 2.31. The van der Waals surface area contributed by atoms with E-state index >= 15 is 0 Å². The van der Waals surface area contributed by atoms with Gasteiger partial charge in [0.15, 0.2) is 0 Å². The quantitative estimate of drug-likeness (QED) is 0.776. The largest absolute Gasteiger partial charge is 0.459 e. The van der Waals surface area contributed by atoms with E-state index in [1.807, 2.05) is 18.2 Å². The maximum Gasteiger partial charge on any atom is 0.401 e. The minimum Gasteiger partial charge on any atom is -0.459 e. The zero-order chi connectivity index (χ0) is 14.1. The summed E-state index contributed by atoms with van der Waals surface area (Å²) in [6, 6.07) is 9.05. The lowest BCUT2D eigenvalue weighted by molar-refractivity contribution is -0.157. The molecule has 1 aliphatic rings. The highest BCUT2D eigenvalue weighted by molar-refractivity contribution is 7.82. The van der Waals surface area contributed by atoms with E-state index in [4.69, 9.17) is 4.74 Å². The van der Waals surface area contributed by atoms with Crippen LogP contribution in [0.25, 0.3) is 0 Å². The molecule has 19 heavy (non-hydrogen) atoms. The number of rotatable bonds is 3. The van der Waals surface area contributed by atoms with Gasteiger partial charge in [-0.2, -0.15) is 8.42 Å². The maximum atomic E-state index is 11.8. The summed E-state index contributed by atoms with van der Waals surface area (Å²) in [6.07, 6.45) is -1.29. The van der Waals surface area contributed by atoms with Crippen LogP contribution in [-0.4, -0.2) is 26.1 Å². The van der Waals surface area contributed by atoms with Crippen LogP contribution in [0.3, 0.4) is 0 Å². The summed E-state index contributed by atoms with van der Waals surface area (Å²) in [5, 5.41) is 0. The SMILES string of the molecule is CC1(C)OS(=O)(=O)O[C@@H]1C(=O)OCc1ccccc1. The molecule has 0 amide bonds. The summed E-state index contributed by atoms with van der Waals surface area (Å²) < 4.78 is 36.7. The van der Waals surface area contributed by atoms with Crippen LogP contribution in [0.2, 0.25) is 0 Å². The van der Waals surface area contributed by atoms with E-state index in [0.717, 1.165) is 5.56 Å². The molecule has 0 bridgehead atoms. The van der Waals surface area contributed by atoms with Gasteiger partial charge in [0.1, 0.15) is 12.2 Å². The first-order valence-electron chi connectivity index (χ1n) is 5.65. The van der Waals surface area contributed by atoms with Gasteiger partial charge in [-0.25, -0.2) is 13.2 Å². The predicted molar refractivity (Wildman–Crippen MR) is 65.2 cm³/mol. The van der Waals surface area contributed by atoms with Crippen molar-refractivity contribution in [3.8, 4) is 0 Å². The van der Waals surface area contributed by atoms with Gasteiger partial charge in [0.05, 0.1) is 0 Å². The molecule has 2 rings (SSSR count). The summed E-state index contributed by atoms with van der Waals surface area (Å²) in [5.74, 6) is -0.769. The first kappa shape index (κ1) is 14.0. The van der Waals surface area contributed by atoms with E-state index in [1.54, 1.807) is 12.1 Å². The lowest BCUT2D eigenvalue weighted by Gasteiger charge is -2.19. The lowest BCUT2D eigenvalue weighted by Crippen LogP contribution is -2.40. The van der Waals surface area contributed by atoms with Crippen molar-refractivity contribution in [3.63, 3.8) is 0 Å². The molecule has 1 fully saturated rings. The van der Waals surface area contributed by atoms with Crippen molar-refractivity contribution in [1.82, 2.24) is 0 Å². The highest BCUT2D eigenvalue weighted by Gasteiger charge is 2.51. The average molecular weight is 286 g/mol. The number of hydrogen-bond acceptors (Lipinski definition) is 6. The van der Waals surface area contributed by atoms with Crippen molar-refractivity contribution in [2.75, 3.05) is 0 Å². The van der Waals surface area contributed by atoms with Gasteiger partial charge in [0.2, 0.25) is 6.10 Å². The molecule has 0 saturated carbocycles. The molecule has 104 valence electrons. The lowest BCUT2D eigenvalue weighted by atomic mass is 10.0. The van der Waals surface area contributed by atoms with Crippen molar-refractivity contribution >= 4 is 16.4 Å². The van der Waals surface area contributed by atoms with Gasteiger partial charge in [-0.05, 0) is 19.4 Å². The van der Waals surface area contributed by atoms with Crippen LogP contribution in [0.15, 0.2) is 30.3 Å². The Morgan fingerprint density at radius 3 is 2.47 bits per heavy atom. The highest BCUT2D eigenvalue weighted by atomic mass is 32.3. The fourth-order valence-electron chi connectivity index (χ4n) is 1.69. The number of carbonyl (C=O) groups excluding carboxylic acids is 1. The fourth-order valence-corrected chi connectivity index (χ4v) is 2.89. The van der Waals surface area contributed by atoms with Crippen LogP contribution in [0.4, 0.5) is 0 Å². The van der Waals surface area contributed by atoms with Gasteiger partial charge in [0, 0.05) is 0 Å². The van der Waals surface area contributed by atoms with Gasteiger partial charge in [-0.1, -0.05) is 30.3 Å². The van der Waals surface area contributed by atoms with Gasteiger partial charge >= 0.3 is 16.4 Å². The molecule has 1 aliphatic heterocycles. The molecule has 1 saturated heterocycles. The molecule has 0 aromatic heterocycles. The molecule has 1 aromatic rings. The maximum absolute atomic E-state index is 11.8. The minimum absolute atomic E-state index is 0.0513. The second-order valence-corrected chi connectivity index (χ2v) is 5.84. The molecule has 0 aliphatic carbocycles. The van der Waals surface area contributed by atoms with E-state index in [2.05, 4.69) is 8.37 Å². The van der Waals surface area contributed by atoms with Crippen LogP contribution in [0, 0.1) is 0 Å². The Bertz CT molecular complexity index is 563. The van der Waals surface area contributed by atoms with Gasteiger partial charge in [-0.15, -0.1) is 0 Å². The minimum atomic E-state index is -4.13. The predicted octanol–water partition coefficient (Wildman–Crippen LogP) is 1.17. The zero-order valence-electron chi connectivity index (χ0n) is 10.5. The molecule has 0 N–H and O–H groups in total. The summed E-state index contributed by atoms with van der Waals surface area (Å²) in [6.45, 7) is 2.95. The molecule has 1 atom stereocenters. The first-order chi connectivity index (χ1) is 8.80. The van der Waals surface area contributed by atoms with Gasteiger partial charge in [0.25, 0.3) is 0 Å². The molecule has 0 unspecified atom stereocenters. The third kappa shape index (κ3) is 3.31. The van der Waals surface area contributed by atoms with Crippen LogP contribution in [0.1, 0.15) is 19.4 Å². The second-order valence-electron chi connectivity index (χ2n) is 4.66. The molecule has 6 nitrogen and oxygen atoms in total. The van der Waals surface area contributed by atoms with Gasteiger partial charge < -0.3 is 4.74 Å². The number of esters is 1. The van der Waals surface area contributed by atoms with Gasteiger partial charge in [-0.3, -0.25) is 0 Å². The number of ether oxygens (including phenoxy) is 1. The molecule has 0 spiro atoms. The second kappa shape index (κ2) is 4.92. The molecule has 1 heterocycles. The third-order valence-electron chi connectivity index (χ3n) is 2.60. The fraction of sp³-hybridized carbons (Fsp3) is 0.417. The Labute approximate surface area is 111 Å². The summed E-state index contributed by atoms with van der Waals surface area (Å²) in [4.78, 5) is 11.8. The normalized spacial score (nSPS) is 24.0. The molecule has 7 heteroatoms. The Morgan fingerprint density at radius 2 is 1.95 bits per heavy atom. The van der Waals surface area contributed by atoms with E-state index in [9.17, 15) is 13.2 Å². The third-order valence-corrected chi connectivity index (χ3v) is 3.66. The zero-order valence-corrected chi connectivity index (χ0v) is 11.3. The molecule has 1 aromatic carbocycles.